The number of benzene rings is 1. The average Bonchev–Trinajstić information content (AvgIpc) is 2.46. The van der Waals surface area contributed by atoms with Gasteiger partial charge >= 0.3 is 6.09 Å². The van der Waals surface area contributed by atoms with E-state index >= 15 is 0 Å². The first-order valence-electron chi connectivity index (χ1n) is 6.83. The Hall–Kier alpha value is -3.03. The van der Waals surface area contributed by atoms with Crippen LogP contribution in [0.25, 0.3) is 11.3 Å². The number of nitro benzene ring substituents is 1. The molecule has 1 aromatic carbocycles. The topological polar surface area (TPSA) is 107 Å². The fourth-order valence-corrected chi connectivity index (χ4v) is 1.82. The molecule has 0 aliphatic heterocycles. The Balaban J connectivity index is 2.31. The van der Waals surface area contributed by atoms with Gasteiger partial charge in [-0.1, -0.05) is 6.07 Å². The van der Waals surface area contributed by atoms with Gasteiger partial charge in [0.05, 0.1) is 10.6 Å². The van der Waals surface area contributed by atoms with Crippen molar-refractivity contribution in [1.82, 2.24) is 10.2 Å². The fourth-order valence-electron chi connectivity index (χ4n) is 1.82. The molecule has 0 atom stereocenters. The number of nitrogens with zero attached hydrogens (tertiary/aromatic N) is 3. The van der Waals surface area contributed by atoms with Crippen LogP contribution >= 0.6 is 0 Å². The fraction of sp³-hybridized carbons (Fsp3) is 0.267. The summed E-state index contributed by atoms with van der Waals surface area (Å²) in [6.45, 7) is 5.12. The molecule has 23 heavy (non-hydrogen) atoms. The lowest BCUT2D eigenvalue weighted by Gasteiger charge is -2.19. The van der Waals surface area contributed by atoms with E-state index in [2.05, 4.69) is 15.5 Å². The Labute approximate surface area is 132 Å². The maximum Gasteiger partial charge on any atom is 0.412 e. The average molecular weight is 316 g/mol. The van der Waals surface area contributed by atoms with Gasteiger partial charge in [-0.15, -0.1) is 0 Å². The number of anilines is 1. The van der Waals surface area contributed by atoms with Crippen LogP contribution in [0.2, 0.25) is 0 Å². The summed E-state index contributed by atoms with van der Waals surface area (Å²) in [4.78, 5) is 22.5. The van der Waals surface area contributed by atoms with Gasteiger partial charge < -0.3 is 4.74 Å². The van der Waals surface area contributed by atoms with Crippen LogP contribution in [0.3, 0.4) is 0 Å². The Morgan fingerprint density at radius 3 is 2.61 bits per heavy atom. The third kappa shape index (κ3) is 4.47. The third-order valence-electron chi connectivity index (χ3n) is 2.70. The summed E-state index contributed by atoms with van der Waals surface area (Å²) in [5, 5.41) is 21.3. The Kier molecular flexibility index (Phi) is 4.54. The third-order valence-corrected chi connectivity index (χ3v) is 2.70. The molecule has 0 bridgehead atoms. The molecule has 0 saturated heterocycles. The van der Waals surface area contributed by atoms with E-state index in [0.29, 0.717) is 11.3 Å². The van der Waals surface area contributed by atoms with Gasteiger partial charge in [0.25, 0.3) is 5.69 Å². The second-order valence-corrected chi connectivity index (χ2v) is 5.72. The predicted octanol–water partition coefficient (Wildman–Crippen LogP) is 3.40. The van der Waals surface area contributed by atoms with Crippen molar-refractivity contribution < 1.29 is 14.5 Å². The molecule has 0 saturated carbocycles. The number of aromatic nitrogens is 2. The molecule has 8 nitrogen and oxygen atoms in total. The van der Waals surface area contributed by atoms with Gasteiger partial charge in [-0.3, -0.25) is 15.4 Å². The second-order valence-electron chi connectivity index (χ2n) is 5.72. The van der Waals surface area contributed by atoms with E-state index in [-0.39, 0.29) is 11.4 Å². The molecule has 120 valence electrons. The monoisotopic (exact) mass is 316 g/mol. The number of nitrogens with one attached hydrogen (secondary N) is 1. The van der Waals surface area contributed by atoms with E-state index in [1.54, 1.807) is 39.0 Å². The quantitative estimate of drug-likeness (QED) is 0.687. The standard InChI is InChI=1S/C15H16N4O4/c1-15(2,3)23-14(20)17-12-7-6-10(9-13(12)19(21)22)11-5-4-8-16-18-11/h4-9H,1-3H3,(H,17,20). The first-order valence-corrected chi connectivity index (χ1v) is 6.83. The van der Waals surface area contributed by atoms with Gasteiger partial charge in [0.1, 0.15) is 11.3 Å². The molecule has 0 fully saturated rings. The largest absolute Gasteiger partial charge is 0.444 e. The minimum absolute atomic E-state index is 0.0527. The minimum atomic E-state index is -0.757. The van der Waals surface area contributed by atoms with Crippen molar-refractivity contribution in [3.8, 4) is 11.3 Å². The highest BCUT2D eigenvalue weighted by Crippen LogP contribution is 2.30. The number of carbonyl (C=O) groups excluding carboxylic acids is 1. The van der Waals surface area contributed by atoms with E-state index in [9.17, 15) is 14.9 Å². The molecule has 0 radical (unpaired) electrons. The summed E-state index contributed by atoms with van der Waals surface area (Å²) in [5.41, 5.74) is 0.133. The molecule has 1 heterocycles. The highest BCUT2D eigenvalue weighted by Gasteiger charge is 2.21. The van der Waals surface area contributed by atoms with Crippen LogP contribution in [-0.2, 0) is 4.74 Å². The summed E-state index contributed by atoms with van der Waals surface area (Å²) in [5.74, 6) is 0. The number of carbonyl (C=O) groups is 1. The highest BCUT2D eigenvalue weighted by atomic mass is 16.6. The van der Waals surface area contributed by atoms with Gasteiger partial charge in [0.15, 0.2) is 0 Å². The van der Waals surface area contributed by atoms with Crippen LogP contribution < -0.4 is 5.32 Å². The molecule has 2 aromatic rings. The van der Waals surface area contributed by atoms with Gasteiger partial charge in [0.2, 0.25) is 0 Å². The van der Waals surface area contributed by atoms with Crippen molar-refractivity contribution in [3.63, 3.8) is 0 Å². The van der Waals surface area contributed by atoms with E-state index in [0.717, 1.165) is 0 Å². The molecule has 1 amide bonds. The van der Waals surface area contributed by atoms with Crippen LogP contribution in [0, 0.1) is 10.1 Å². The van der Waals surface area contributed by atoms with E-state index in [1.165, 1.54) is 18.3 Å². The first kappa shape index (κ1) is 16.3. The normalized spacial score (nSPS) is 10.9. The minimum Gasteiger partial charge on any atom is -0.444 e. The second kappa shape index (κ2) is 6.39. The Morgan fingerprint density at radius 2 is 2.04 bits per heavy atom. The molecule has 1 N–H and O–H groups in total. The molecular weight excluding hydrogens is 300 g/mol. The van der Waals surface area contributed by atoms with Gasteiger partial charge in [-0.25, -0.2) is 4.79 Å². The lowest BCUT2D eigenvalue weighted by atomic mass is 10.1. The summed E-state index contributed by atoms with van der Waals surface area (Å²) in [6, 6.07) is 7.75. The molecule has 0 aliphatic carbocycles. The smallest absolute Gasteiger partial charge is 0.412 e. The summed E-state index contributed by atoms with van der Waals surface area (Å²) in [6.07, 6.45) is 0.754. The maximum atomic E-state index is 11.8. The first-order chi connectivity index (χ1) is 10.8. The lowest BCUT2D eigenvalue weighted by molar-refractivity contribution is -0.383. The van der Waals surface area contributed by atoms with Crippen molar-refractivity contribution in [2.45, 2.75) is 26.4 Å². The highest BCUT2D eigenvalue weighted by molar-refractivity contribution is 5.89. The van der Waals surface area contributed by atoms with E-state index in [1.807, 2.05) is 0 Å². The zero-order valence-corrected chi connectivity index (χ0v) is 12.9. The van der Waals surface area contributed by atoms with Crippen molar-refractivity contribution >= 4 is 17.5 Å². The Morgan fingerprint density at radius 1 is 1.30 bits per heavy atom. The van der Waals surface area contributed by atoms with Crippen LogP contribution in [0.4, 0.5) is 16.2 Å². The van der Waals surface area contributed by atoms with Gasteiger partial charge in [-0.2, -0.15) is 10.2 Å². The zero-order chi connectivity index (χ0) is 17.0. The maximum absolute atomic E-state index is 11.8. The van der Waals surface area contributed by atoms with Crippen molar-refractivity contribution in [1.29, 1.82) is 0 Å². The summed E-state index contributed by atoms with van der Waals surface area (Å²) in [7, 11) is 0. The van der Waals surface area contributed by atoms with Gasteiger partial charge in [0, 0.05) is 17.8 Å². The number of rotatable bonds is 3. The van der Waals surface area contributed by atoms with Gasteiger partial charge in [-0.05, 0) is 39.0 Å². The number of hydrogen-bond acceptors (Lipinski definition) is 6. The molecule has 8 heteroatoms. The lowest BCUT2D eigenvalue weighted by Crippen LogP contribution is -2.27. The molecule has 1 aromatic heterocycles. The van der Waals surface area contributed by atoms with E-state index in [4.69, 9.17) is 4.74 Å². The van der Waals surface area contributed by atoms with Crippen LogP contribution in [0.5, 0.6) is 0 Å². The van der Waals surface area contributed by atoms with Crippen LogP contribution in [0.15, 0.2) is 36.5 Å². The van der Waals surface area contributed by atoms with Crippen LogP contribution in [-0.4, -0.2) is 26.8 Å². The Bertz CT molecular complexity index is 726. The molecule has 0 unspecified atom stereocenters. The van der Waals surface area contributed by atoms with Crippen LogP contribution in [0.1, 0.15) is 20.8 Å². The van der Waals surface area contributed by atoms with Crippen molar-refractivity contribution in [3.05, 3.63) is 46.6 Å². The number of amides is 1. The number of nitro groups is 1. The SMILES string of the molecule is CC(C)(C)OC(=O)Nc1ccc(-c2cccnn2)cc1[N+](=O)[O-]. The number of hydrogen-bond donors (Lipinski definition) is 1. The zero-order valence-electron chi connectivity index (χ0n) is 12.9. The van der Waals surface area contributed by atoms with E-state index < -0.39 is 16.6 Å². The molecular formula is C15H16N4O4. The molecule has 0 aliphatic rings. The predicted molar refractivity (Wildman–Crippen MR) is 84.0 cm³/mol. The van der Waals surface area contributed by atoms with Crippen molar-refractivity contribution in [2.24, 2.45) is 0 Å². The number of ether oxygens (including phenoxy) is 1. The molecule has 2 rings (SSSR count). The van der Waals surface area contributed by atoms with Crippen molar-refractivity contribution in [2.75, 3.05) is 5.32 Å². The summed E-state index contributed by atoms with van der Waals surface area (Å²) < 4.78 is 5.10. The molecule has 0 spiro atoms. The summed E-state index contributed by atoms with van der Waals surface area (Å²) >= 11 is 0.